The lowest BCUT2D eigenvalue weighted by Crippen LogP contribution is -2.47. The monoisotopic (exact) mass is 594 g/mol. The maximum atomic E-state index is 14.0. The van der Waals surface area contributed by atoms with E-state index in [0.717, 1.165) is 12.8 Å². The molecule has 0 bridgehead atoms. The lowest BCUT2D eigenvalue weighted by Gasteiger charge is -2.32. The number of ether oxygens (including phenoxy) is 1. The van der Waals surface area contributed by atoms with Crippen LogP contribution in [-0.4, -0.2) is 71.5 Å². The first-order valence-electron chi connectivity index (χ1n) is 15.0. The zero-order chi connectivity index (χ0) is 30.3. The standard InChI is InChI=1S/C30H46N2O8S/c1-18-8-6-7-9-20-15-30(20,28(37)31-41(38,39)22-10-11-22)16-25(34)24-13-21(33)17-32(24)27(36)23(19(2)12-18)14-26(35)40-29(3,4)5/h7,9,18-24,33H,6,8,10-17H2,1-5H3,(H,31,37)/b9-7-/t18?,19-,20-,21-,23+,24+,30-/m1/s1. The average Bonchev–Trinajstić information content (AvgIpc) is 3.76. The number of nitrogens with zero attached hydrogens (tertiary/aromatic N) is 1. The molecule has 10 nitrogen and oxygen atoms in total. The van der Waals surface area contributed by atoms with Crippen molar-refractivity contribution < 1.29 is 37.4 Å². The van der Waals surface area contributed by atoms with Crippen LogP contribution in [0.4, 0.5) is 0 Å². The van der Waals surface area contributed by atoms with E-state index in [1.54, 1.807) is 20.8 Å². The minimum atomic E-state index is -3.79. The van der Waals surface area contributed by atoms with Crippen LogP contribution in [0.25, 0.3) is 0 Å². The summed E-state index contributed by atoms with van der Waals surface area (Å²) in [4.78, 5) is 55.5. The van der Waals surface area contributed by atoms with Gasteiger partial charge in [-0.15, -0.1) is 0 Å². The minimum Gasteiger partial charge on any atom is -0.460 e. The van der Waals surface area contributed by atoms with Gasteiger partial charge in [-0.1, -0.05) is 26.0 Å². The highest BCUT2D eigenvalue weighted by Crippen LogP contribution is 2.57. The molecular formula is C30H46N2O8S. The van der Waals surface area contributed by atoms with Crippen LogP contribution in [0, 0.1) is 29.1 Å². The number of carbonyl (C=O) groups excluding carboxylic acids is 4. The second kappa shape index (κ2) is 11.8. The molecule has 0 aromatic heterocycles. The smallest absolute Gasteiger partial charge is 0.307 e. The predicted octanol–water partition coefficient (Wildman–Crippen LogP) is 2.88. The van der Waals surface area contributed by atoms with Crippen LogP contribution in [0.5, 0.6) is 0 Å². The topological polar surface area (TPSA) is 147 Å². The van der Waals surface area contributed by atoms with Crippen molar-refractivity contribution in [2.75, 3.05) is 6.54 Å². The molecule has 4 rings (SSSR count). The number of aliphatic hydroxyl groups excluding tert-OH is 1. The minimum absolute atomic E-state index is 0.0348. The summed E-state index contributed by atoms with van der Waals surface area (Å²) in [5, 5.41) is 9.98. The number of hydrogen-bond donors (Lipinski definition) is 2. The quantitative estimate of drug-likeness (QED) is 0.365. The molecule has 1 unspecified atom stereocenters. The number of rotatable bonds is 5. The van der Waals surface area contributed by atoms with Crippen molar-refractivity contribution in [3.63, 3.8) is 0 Å². The van der Waals surface area contributed by atoms with Gasteiger partial charge in [-0.3, -0.25) is 23.9 Å². The van der Waals surface area contributed by atoms with Crippen molar-refractivity contribution in [2.24, 2.45) is 29.1 Å². The molecule has 2 aliphatic carbocycles. The molecule has 7 atom stereocenters. The molecule has 0 aromatic rings. The Morgan fingerprint density at radius 2 is 1.83 bits per heavy atom. The fraction of sp³-hybridized carbons (Fsp3) is 0.800. The Balaban J connectivity index is 1.62. The molecule has 2 amide bonds. The lowest BCUT2D eigenvalue weighted by atomic mass is 9.82. The second-order valence-corrected chi connectivity index (χ2v) is 15.9. The Morgan fingerprint density at radius 1 is 1.15 bits per heavy atom. The predicted molar refractivity (Wildman–Crippen MR) is 152 cm³/mol. The van der Waals surface area contributed by atoms with E-state index in [0.29, 0.717) is 25.7 Å². The van der Waals surface area contributed by atoms with Gasteiger partial charge in [0.05, 0.1) is 35.1 Å². The van der Waals surface area contributed by atoms with Crippen LogP contribution in [0.2, 0.25) is 0 Å². The molecule has 4 aliphatic rings. The molecule has 0 aromatic carbocycles. The SMILES string of the molecule is CC1CC/C=C\[C@@H]2C[C@@]2(C(=O)NS(=O)(=O)C2CC2)CC(=O)[C@@H]2C[C@@H](O)CN2C(=O)[C@@H](CC(=O)OC(C)(C)C)[C@H](C)C1. The van der Waals surface area contributed by atoms with Gasteiger partial charge in [-0.05, 0) is 77.0 Å². The molecule has 2 heterocycles. The van der Waals surface area contributed by atoms with Crippen LogP contribution in [0.15, 0.2) is 12.2 Å². The first-order valence-corrected chi connectivity index (χ1v) is 16.5. The van der Waals surface area contributed by atoms with E-state index in [1.807, 2.05) is 19.1 Å². The third-order valence-corrected chi connectivity index (χ3v) is 10.8. The summed E-state index contributed by atoms with van der Waals surface area (Å²) in [6.07, 6.45) is 6.30. The molecular weight excluding hydrogens is 548 g/mol. The molecule has 2 aliphatic heterocycles. The van der Waals surface area contributed by atoms with Gasteiger partial charge in [0.25, 0.3) is 0 Å². The van der Waals surface area contributed by atoms with Crippen molar-refractivity contribution in [3.8, 4) is 0 Å². The maximum Gasteiger partial charge on any atom is 0.307 e. The Hall–Kier alpha value is -2.27. The van der Waals surface area contributed by atoms with E-state index >= 15 is 0 Å². The van der Waals surface area contributed by atoms with Crippen LogP contribution in [-0.2, 0) is 33.9 Å². The Bertz CT molecular complexity index is 1190. The number of aliphatic hydroxyl groups is 1. The fourth-order valence-corrected chi connectivity index (χ4v) is 7.86. The number of allylic oxidation sites excluding steroid dienone is 2. The molecule has 3 fully saturated rings. The van der Waals surface area contributed by atoms with Crippen molar-refractivity contribution in [3.05, 3.63) is 12.2 Å². The molecule has 0 spiro atoms. The molecule has 0 radical (unpaired) electrons. The molecule has 1 saturated heterocycles. The third kappa shape index (κ3) is 7.58. The number of fused-ring (bicyclic) bond motifs is 2. The van der Waals surface area contributed by atoms with Crippen molar-refractivity contribution in [1.82, 2.24) is 9.62 Å². The summed E-state index contributed by atoms with van der Waals surface area (Å²) in [6.45, 7) is 9.29. The normalized spacial score (nSPS) is 35.9. The van der Waals surface area contributed by atoms with E-state index in [2.05, 4.69) is 11.6 Å². The van der Waals surface area contributed by atoms with E-state index in [4.69, 9.17) is 4.74 Å². The van der Waals surface area contributed by atoms with Gasteiger partial charge in [0.15, 0.2) is 5.78 Å². The second-order valence-electron chi connectivity index (χ2n) is 13.9. The summed E-state index contributed by atoms with van der Waals surface area (Å²) in [7, 11) is -3.79. The molecule has 230 valence electrons. The highest BCUT2D eigenvalue weighted by molar-refractivity contribution is 7.90. The maximum absolute atomic E-state index is 14.0. The Kier molecular flexibility index (Phi) is 9.10. The molecule has 11 heteroatoms. The van der Waals surface area contributed by atoms with Gasteiger partial charge in [-0.25, -0.2) is 8.42 Å². The summed E-state index contributed by atoms with van der Waals surface area (Å²) < 4.78 is 32.9. The van der Waals surface area contributed by atoms with Crippen LogP contribution < -0.4 is 4.72 Å². The number of hydrogen-bond acceptors (Lipinski definition) is 8. The third-order valence-electron chi connectivity index (χ3n) is 8.99. The van der Waals surface area contributed by atoms with Crippen LogP contribution in [0.3, 0.4) is 0 Å². The first-order chi connectivity index (χ1) is 19.0. The lowest BCUT2D eigenvalue weighted by molar-refractivity contribution is -0.160. The number of esters is 1. The van der Waals surface area contributed by atoms with E-state index in [-0.39, 0.29) is 55.3 Å². The van der Waals surface area contributed by atoms with Gasteiger partial charge in [-0.2, -0.15) is 0 Å². The van der Waals surface area contributed by atoms with Crippen LogP contribution in [0.1, 0.15) is 92.4 Å². The van der Waals surface area contributed by atoms with Gasteiger partial charge >= 0.3 is 5.97 Å². The first kappa shape index (κ1) is 31.7. The summed E-state index contributed by atoms with van der Waals surface area (Å²) in [6, 6.07) is -0.955. The molecule has 2 N–H and O–H groups in total. The summed E-state index contributed by atoms with van der Waals surface area (Å²) >= 11 is 0. The van der Waals surface area contributed by atoms with E-state index in [9.17, 15) is 32.7 Å². The van der Waals surface area contributed by atoms with Gasteiger partial charge < -0.3 is 14.7 Å². The zero-order valence-corrected chi connectivity index (χ0v) is 25.7. The zero-order valence-electron chi connectivity index (χ0n) is 24.9. The van der Waals surface area contributed by atoms with Crippen molar-refractivity contribution >= 4 is 33.6 Å². The van der Waals surface area contributed by atoms with Crippen LogP contribution >= 0.6 is 0 Å². The Labute approximate surface area is 243 Å². The number of ketones is 1. The number of sulfonamides is 1. The number of Topliss-reactive ketones (excluding diaryl/α,β-unsaturated/α-hetero) is 1. The van der Waals surface area contributed by atoms with Gasteiger partial charge in [0.2, 0.25) is 21.8 Å². The van der Waals surface area contributed by atoms with E-state index in [1.165, 1.54) is 4.90 Å². The van der Waals surface area contributed by atoms with Crippen molar-refractivity contribution in [2.45, 2.75) is 115 Å². The van der Waals surface area contributed by atoms with E-state index < -0.39 is 56.2 Å². The average molecular weight is 595 g/mol. The number of amides is 2. The van der Waals surface area contributed by atoms with Crippen molar-refractivity contribution in [1.29, 1.82) is 0 Å². The van der Waals surface area contributed by atoms with Gasteiger partial charge in [0, 0.05) is 19.4 Å². The van der Waals surface area contributed by atoms with Gasteiger partial charge in [0.1, 0.15) is 5.60 Å². The number of carbonyl (C=O) groups is 4. The largest absolute Gasteiger partial charge is 0.460 e. The Morgan fingerprint density at radius 3 is 2.46 bits per heavy atom. The summed E-state index contributed by atoms with van der Waals surface area (Å²) in [5.74, 6) is -2.86. The summed E-state index contributed by atoms with van der Waals surface area (Å²) in [5.41, 5.74) is -1.92. The highest BCUT2D eigenvalue weighted by atomic mass is 32.2. The molecule has 2 saturated carbocycles. The molecule has 41 heavy (non-hydrogen) atoms. The highest BCUT2D eigenvalue weighted by Gasteiger charge is 2.61. The fourth-order valence-electron chi connectivity index (χ4n) is 6.48. The number of nitrogens with one attached hydrogen (secondary N) is 1.